The highest BCUT2D eigenvalue weighted by Crippen LogP contribution is 2.27. The Morgan fingerprint density at radius 2 is 1.73 bits per heavy atom. The van der Waals surface area contributed by atoms with Crippen molar-refractivity contribution in [3.05, 3.63) is 63.6 Å². The second-order valence-electron chi connectivity index (χ2n) is 7.10. The molecule has 1 unspecified atom stereocenters. The molecule has 30 heavy (non-hydrogen) atoms. The van der Waals surface area contributed by atoms with Crippen molar-refractivity contribution in [1.82, 2.24) is 10.2 Å². The summed E-state index contributed by atoms with van der Waals surface area (Å²) in [6.07, 6.45) is 1.14. The Morgan fingerprint density at radius 1 is 1.10 bits per heavy atom. The number of rotatable bonds is 10. The SMILES string of the molecule is CCCNC(=O)C(C)N(Cc1c(Cl)cccc1Cl)C(=O)CCSc1ccc(C)cc1. The Balaban J connectivity index is 2.11. The molecule has 2 rings (SSSR count). The molecule has 0 aromatic heterocycles. The van der Waals surface area contributed by atoms with E-state index in [-0.39, 0.29) is 18.4 Å². The van der Waals surface area contributed by atoms with Crippen molar-refractivity contribution in [3.63, 3.8) is 0 Å². The third-order valence-electron chi connectivity index (χ3n) is 4.71. The van der Waals surface area contributed by atoms with E-state index in [0.29, 0.717) is 34.3 Å². The molecule has 0 fully saturated rings. The molecule has 2 aromatic carbocycles. The smallest absolute Gasteiger partial charge is 0.242 e. The lowest BCUT2D eigenvalue weighted by Gasteiger charge is -2.29. The van der Waals surface area contributed by atoms with Crippen molar-refractivity contribution >= 4 is 46.8 Å². The van der Waals surface area contributed by atoms with E-state index in [2.05, 4.69) is 17.4 Å². The summed E-state index contributed by atoms with van der Waals surface area (Å²) in [6, 6.07) is 12.8. The third-order valence-corrected chi connectivity index (χ3v) is 6.43. The van der Waals surface area contributed by atoms with Crippen molar-refractivity contribution in [2.24, 2.45) is 0 Å². The van der Waals surface area contributed by atoms with Crippen LogP contribution in [0.1, 0.15) is 37.8 Å². The van der Waals surface area contributed by atoms with E-state index in [0.717, 1.165) is 11.3 Å². The predicted octanol–water partition coefficient (Wildman–Crippen LogP) is 5.73. The van der Waals surface area contributed by atoms with Gasteiger partial charge in [-0.1, -0.05) is 53.9 Å². The maximum absolute atomic E-state index is 13.1. The summed E-state index contributed by atoms with van der Waals surface area (Å²) < 4.78 is 0. The van der Waals surface area contributed by atoms with E-state index in [1.54, 1.807) is 41.8 Å². The number of carbonyl (C=O) groups excluding carboxylic acids is 2. The second kappa shape index (κ2) is 12.2. The first-order valence-electron chi connectivity index (χ1n) is 10.0. The van der Waals surface area contributed by atoms with E-state index in [1.165, 1.54) is 5.56 Å². The van der Waals surface area contributed by atoms with Crippen molar-refractivity contribution in [2.75, 3.05) is 12.3 Å². The van der Waals surface area contributed by atoms with Crippen LogP contribution >= 0.6 is 35.0 Å². The normalized spacial score (nSPS) is 11.8. The summed E-state index contributed by atoms with van der Waals surface area (Å²) in [5.41, 5.74) is 1.85. The minimum Gasteiger partial charge on any atom is -0.354 e. The molecule has 0 bridgehead atoms. The zero-order valence-corrected chi connectivity index (χ0v) is 19.9. The van der Waals surface area contributed by atoms with Gasteiger partial charge in [0.25, 0.3) is 0 Å². The highest BCUT2D eigenvalue weighted by Gasteiger charge is 2.27. The van der Waals surface area contributed by atoms with Crippen molar-refractivity contribution in [3.8, 4) is 0 Å². The summed E-state index contributed by atoms with van der Waals surface area (Å²) in [5, 5.41) is 3.83. The van der Waals surface area contributed by atoms with Gasteiger partial charge in [0.2, 0.25) is 11.8 Å². The lowest BCUT2D eigenvalue weighted by molar-refractivity contribution is -0.140. The number of halogens is 2. The number of thioether (sulfide) groups is 1. The number of nitrogens with one attached hydrogen (secondary N) is 1. The Morgan fingerprint density at radius 3 is 2.33 bits per heavy atom. The van der Waals surface area contributed by atoms with Gasteiger partial charge in [0.1, 0.15) is 6.04 Å². The molecule has 0 saturated carbocycles. The summed E-state index contributed by atoms with van der Waals surface area (Å²) in [7, 11) is 0. The number of carbonyl (C=O) groups is 2. The van der Waals surface area contributed by atoms with E-state index < -0.39 is 6.04 Å². The van der Waals surface area contributed by atoms with Crippen LogP contribution in [0.3, 0.4) is 0 Å². The van der Waals surface area contributed by atoms with Crippen molar-refractivity contribution in [1.29, 1.82) is 0 Å². The zero-order valence-electron chi connectivity index (χ0n) is 17.6. The maximum Gasteiger partial charge on any atom is 0.242 e. The molecule has 0 aliphatic rings. The van der Waals surface area contributed by atoms with Gasteiger partial charge in [-0.25, -0.2) is 0 Å². The number of hydrogen-bond donors (Lipinski definition) is 1. The van der Waals surface area contributed by atoms with Gasteiger partial charge in [-0.3, -0.25) is 9.59 Å². The first-order valence-corrected chi connectivity index (χ1v) is 11.8. The molecule has 4 nitrogen and oxygen atoms in total. The fourth-order valence-electron chi connectivity index (χ4n) is 2.87. The molecule has 0 spiro atoms. The molecule has 1 N–H and O–H groups in total. The van der Waals surface area contributed by atoms with Gasteiger partial charge in [0, 0.05) is 45.8 Å². The first kappa shape index (κ1) is 24.6. The fourth-order valence-corrected chi connectivity index (χ4v) is 4.22. The molecule has 0 saturated heterocycles. The lowest BCUT2D eigenvalue weighted by Crippen LogP contribution is -2.47. The Kier molecular flexibility index (Phi) is 10.0. The van der Waals surface area contributed by atoms with Crippen LogP contribution in [0, 0.1) is 6.92 Å². The third kappa shape index (κ3) is 7.22. The number of benzene rings is 2. The van der Waals surface area contributed by atoms with Crippen LogP contribution in [0.25, 0.3) is 0 Å². The quantitative estimate of drug-likeness (QED) is 0.454. The fraction of sp³-hybridized carbons (Fsp3) is 0.391. The topological polar surface area (TPSA) is 49.4 Å². The van der Waals surface area contributed by atoms with Gasteiger partial charge in [-0.2, -0.15) is 0 Å². The highest BCUT2D eigenvalue weighted by atomic mass is 35.5. The highest BCUT2D eigenvalue weighted by molar-refractivity contribution is 7.99. The Labute approximate surface area is 193 Å². The molecular weight excluding hydrogens is 439 g/mol. The first-order chi connectivity index (χ1) is 14.3. The van der Waals surface area contributed by atoms with Gasteiger partial charge >= 0.3 is 0 Å². The van der Waals surface area contributed by atoms with Gasteiger partial charge in [-0.15, -0.1) is 11.8 Å². The van der Waals surface area contributed by atoms with Crippen LogP contribution in [0.15, 0.2) is 47.4 Å². The molecule has 0 aliphatic carbocycles. The molecule has 2 aromatic rings. The average molecular weight is 467 g/mol. The molecular formula is C23H28Cl2N2O2S. The van der Waals surface area contributed by atoms with Crippen LogP contribution in [-0.2, 0) is 16.1 Å². The lowest BCUT2D eigenvalue weighted by atomic mass is 10.1. The minimum absolute atomic E-state index is 0.107. The van der Waals surface area contributed by atoms with Crippen LogP contribution in [0.2, 0.25) is 10.0 Å². The monoisotopic (exact) mass is 466 g/mol. The van der Waals surface area contributed by atoms with Crippen molar-refractivity contribution in [2.45, 2.75) is 51.1 Å². The maximum atomic E-state index is 13.1. The Hall–Kier alpha value is -1.69. The van der Waals surface area contributed by atoms with E-state index in [4.69, 9.17) is 23.2 Å². The van der Waals surface area contributed by atoms with E-state index >= 15 is 0 Å². The van der Waals surface area contributed by atoms with Gasteiger partial charge in [0.15, 0.2) is 0 Å². The molecule has 1 atom stereocenters. The minimum atomic E-state index is -0.624. The van der Waals surface area contributed by atoms with Gasteiger partial charge < -0.3 is 10.2 Å². The molecule has 162 valence electrons. The molecule has 0 aliphatic heterocycles. The summed E-state index contributed by atoms with van der Waals surface area (Å²) in [4.78, 5) is 28.3. The number of aryl methyl sites for hydroxylation is 1. The van der Waals surface area contributed by atoms with Gasteiger partial charge in [0.05, 0.1) is 0 Å². The van der Waals surface area contributed by atoms with Crippen LogP contribution in [0.5, 0.6) is 0 Å². The second-order valence-corrected chi connectivity index (χ2v) is 9.08. The Bertz CT molecular complexity index is 839. The van der Waals surface area contributed by atoms with Crippen LogP contribution < -0.4 is 5.32 Å². The van der Waals surface area contributed by atoms with E-state index in [9.17, 15) is 9.59 Å². The molecule has 0 heterocycles. The number of nitrogens with zero attached hydrogens (tertiary/aromatic N) is 1. The van der Waals surface area contributed by atoms with Crippen molar-refractivity contribution < 1.29 is 9.59 Å². The number of amides is 2. The van der Waals surface area contributed by atoms with Gasteiger partial charge in [-0.05, 0) is 44.5 Å². The van der Waals surface area contributed by atoms with E-state index in [1.807, 2.05) is 26.0 Å². The molecule has 2 amide bonds. The van der Waals surface area contributed by atoms with Crippen LogP contribution in [-0.4, -0.2) is 35.1 Å². The standard InChI is InChI=1S/C23H28Cl2N2O2S/c1-4-13-26-23(29)17(3)27(15-19-20(24)6-5-7-21(19)25)22(28)12-14-30-18-10-8-16(2)9-11-18/h5-11,17H,4,12-15H2,1-3H3,(H,26,29). The summed E-state index contributed by atoms with van der Waals surface area (Å²) >= 11 is 14.3. The summed E-state index contributed by atoms with van der Waals surface area (Å²) in [5.74, 6) is 0.335. The molecule has 0 radical (unpaired) electrons. The zero-order chi connectivity index (χ0) is 22.1. The predicted molar refractivity (Wildman–Crippen MR) is 126 cm³/mol. The summed E-state index contributed by atoms with van der Waals surface area (Å²) in [6.45, 7) is 6.52. The largest absolute Gasteiger partial charge is 0.354 e. The number of hydrogen-bond acceptors (Lipinski definition) is 3. The van der Waals surface area contributed by atoms with Crippen LogP contribution in [0.4, 0.5) is 0 Å². The molecule has 7 heteroatoms. The average Bonchev–Trinajstić information content (AvgIpc) is 2.72.